The molecule has 1 aliphatic rings. The molecule has 0 saturated carbocycles. The van der Waals surface area contributed by atoms with Gasteiger partial charge in [-0.05, 0) is 29.3 Å². The molecule has 6 nitrogen and oxygen atoms in total. The third kappa shape index (κ3) is 4.12. The van der Waals surface area contributed by atoms with E-state index < -0.39 is 6.04 Å². The molecule has 2 aromatic carbocycles. The highest BCUT2D eigenvalue weighted by atomic mass is 35.5. The summed E-state index contributed by atoms with van der Waals surface area (Å²) >= 11 is 5.91. The number of rotatable bonds is 6. The van der Waals surface area contributed by atoms with Crippen molar-refractivity contribution in [3.63, 3.8) is 0 Å². The van der Waals surface area contributed by atoms with E-state index in [0.29, 0.717) is 30.1 Å². The van der Waals surface area contributed by atoms with Crippen LogP contribution in [0.25, 0.3) is 0 Å². The molecule has 1 aromatic heterocycles. The van der Waals surface area contributed by atoms with Crippen LogP contribution >= 0.6 is 11.6 Å². The summed E-state index contributed by atoms with van der Waals surface area (Å²) in [7, 11) is 0. The van der Waals surface area contributed by atoms with E-state index in [1.54, 1.807) is 41.7 Å². The monoisotopic (exact) mass is 406 g/mol. The number of amides is 2. The maximum atomic E-state index is 13.1. The Hall–Kier alpha value is -3.25. The van der Waals surface area contributed by atoms with Crippen LogP contribution in [-0.2, 0) is 17.8 Å². The van der Waals surface area contributed by atoms with Crippen LogP contribution in [0.15, 0.2) is 67.1 Å². The SMILES string of the molecule is O=C(NCc1ccc(Cl)cc1)C1c2ccccc2C(=O)N1CCc1cnccn1. The topological polar surface area (TPSA) is 75.2 Å². The van der Waals surface area contributed by atoms with Crippen LogP contribution in [0.3, 0.4) is 0 Å². The normalized spacial score (nSPS) is 15.3. The molecule has 2 amide bonds. The first-order valence-electron chi connectivity index (χ1n) is 9.30. The standard InChI is InChI=1S/C22H19ClN4O2/c23-16-7-5-15(6-8-16)13-26-21(28)20-18-3-1-2-4-19(18)22(29)27(20)12-9-17-14-24-10-11-25-17/h1-8,10-11,14,20H,9,12-13H2,(H,26,28). The number of hydrogen-bond donors (Lipinski definition) is 1. The van der Waals surface area contributed by atoms with Crippen molar-refractivity contribution in [3.8, 4) is 0 Å². The maximum Gasteiger partial charge on any atom is 0.255 e. The Bertz CT molecular complexity index is 1020. The van der Waals surface area contributed by atoms with Gasteiger partial charge in [-0.3, -0.25) is 19.6 Å². The number of halogens is 1. The Morgan fingerprint density at radius 2 is 1.90 bits per heavy atom. The van der Waals surface area contributed by atoms with Crippen LogP contribution in [0.1, 0.15) is 33.2 Å². The lowest BCUT2D eigenvalue weighted by molar-refractivity contribution is -0.125. The summed E-state index contributed by atoms with van der Waals surface area (Å²) in [5.41, 5.74) is 3.01. The molecule has 0 spiro atoms. The molecule has 1 aliphatic heterocycles. The van der Waals surface area contributed by atoms with Gasteiger partial charge < -0.3 is 10.2 Å². The van der Waals surface area contributed by atoms with Gasteiger partial charge in [0.25, 0.3) is 5.91 Å². The number of hydrogen-bond acceptors (Lipinski definition) is 4. The first-order valence-corrected chi connectivity index (χ1v) is 9.68. The molecule has 0 aliphatic carbocycles. The molecule has 146 valence electrons. The molecule has 0 radical (unpaired) electrons. The second kappa shape index (κ2) is 8.41. The number of nitrogens with zero attached hydrogens (tertiary/aromatic N) is 3. The van der Waals surface area contributed by atoms with Gasteiger partial charge in [-0.1, -0.05) is 41.9 Å². The highest BCUT2D eigenvalue weighted by molar-refractivity contribution is 6.30. The summed E-state index contributed by atoms with van der Waals surface area (Å²) in [6, 6.07) is 13.9. The molecule has 7 heteroatoms. The summed E-state index contributed by atoms with van der Waals surface area (Å²) in [6.07, 6.45) is 5.41. The average Bonchev–Trinajstić information content (AvgIpc) is 3.04. The fourth-order valence-electron chi connectivity index (χ4n) is 3.47. The Balaban J connectivity index is 1.52. The van der Waals surface area contributed by atoms with Gasteiger partial charge in [0.05, 0.1) is 5.69 Å². The zero-order valence-electron chi connectivity index (χ0n) is 15.6. The predicted molar refractivity (Wildman–Crippen MR) is 109 cm³/mol. The largest absolute Gasteiger partial charge is 0.350 e. The third-order valence-corrected chi connectivity index (χ3v) is 5.16. The van der Waals surface area contributed by atoms with Crippen molar-refractivity contribution in [1.82, 2.24) is 20.2 Å². The van der Waals surface area contributed by atoms with Crippen molar-refractivity contribution >= 4 is 23.4 Å². The quantitative estimate of drug-likeness (QED) is 0.682. The van der Waals surface area contributed by atoms with Crippen LogP contribution in [0.5, 0.6) is 0 Å². The van der Waals surface area contributed by atoms with Gasteiger partial charge in [0.15, 0.2) is 0 Å². The number of aromatic nitrogens is 2. The molecule has 3 aromatic rings. The van der Waals surface area contributed by atoms with Crippen molar-refractivity contribution in [2.75, 3.05) is 6.54 Å². The average molecular weight is 407 g/mol. The van der Waals surface area contributed by atoms with Crippen molar-refractivity contribution < 1.29 is 9.59 Å². The second-order valence-electron chi connectivity index (χ2n) is 6.78. The van der Waals surface area contributed by atoms with Gasteiger partial charge in [0.2, 0.25) is 5.91 Å². The number of nitrogens with one attached hydrogen (secondary N) is 1. The fourth-order valence-corrected chi connectivity index (χ4v) is 3.59. The number of carbonyl (C=O) groups is 2. The lowest BCUT2D eigenvalue weighted by Gasteiger charge is -2.24. The van der Waals surface area contributed by atoms with Crippen LogP contribution in [0.2, 0.25) is 5.02 Å². The summed E-state index contributed by atoms with van der Waals surface area (Å²) in [5.74, 6) is -0.353. The van der Waals surface area contributed by atoms with Crippen LogP contribution in [0.4, 0.5) is 0 Å². The first-order chi connectivity index (χ1) is 14.1. The lowest BCUT2D eigenvalue weighted by Crippen LogP contribution is -2.40. The number of carbonyl (C=O) groups excluding carboxylic acids is 2. The van der Waals surface area contributed by atoms with Gasteiger partial charge >= 0.3 is 0 Å². The van der Waals surface area contributed by atoms with Gasteiger partial charge in [0, 0.05) is 48.7 Å². The van der Waals surface area contributed by atoms with Gasteiger partial charge in [-0.15, -0.1) is 0 Å². The molecular weight excluding hydrogens is 388 g/mol. The highest BCUT2D eigenvalue weighted by Gasteiger charge is 2.40. The zero-order valence-corrected chi connectivity index (χ0v) is 16.3. The Labute approximate surface area is 173 Å². The van der Waals surface area contributed by atoms with Crippen molar-refractivity contribution in [2.45, 2.75) is 19.0 Å². The molecule has 1 N–H and O–H groups in total. The van der Waals surface area contributed by atoms with Crippen molar-refractivity contribution in [3.05, 3.63) is 94.5 Å². The van der Waals surface area contributed by atoms with E-state index in [0.717, 1.165) is 16.8 Å². The van der Waals surface area contributed by atoms with Crippen molar-refractivity contribution in [1.29, 1.82) is 0 Å². The van der Waals surface area contributed by atoms with E-state index in [1.807, 2.05) is 30.3 Å². The van der Waals surface area contributed by atoms with Crippen LogP contribution < -0.4 is 5.32 Å². The molecule has 1 atom stereocenters. The minimum Gasteiger partial charge on any atom is -0.350 e. The Kier molecular flexibility index (Phi) is 5.53. The van der Waals surface area contributed by atoms with Gasteiger partial charge in [0.1, 0.15) is 6.04 Å². The summed E-state index contributed by atoms with van der Waals surface area (Å²) in [5, 5.41) is 3.59. The highest BCUT2D eigenvalue weighted by Crippen LogP contribution is 2.33. The van der Waals surface area contributed by atoms with E-state index in [9.17, 15) is 9.59 Å². The van der Waals surface area contributed by atoms with E-state index in [2.05, 4.69) is 15.3 Å². The summed E-state index contributed by atoms with van der Waals surface area (Å²) in [6.45, 7) is 0.742. The molecule has 1 unspecified atom stereocenters. The van der Waals surface area contributed by atoms with Crippen LogP contribution in [0, 0.1) is 0 Å². The molecule has 2 heterocycles. The Morgan fingerprint density at radius 1 is 1.10 bits per heavy atom. The van der Waals surface area contributed by atoms with E-state index in [1.165, 1.54) is 0 Å². The van der Waals surface area contributed by atoms with Gasteiger partial charge in [-0.2, -0.15) is 0 Å². The summed E-state index contributed by atoms with van der Waals surface area (Å²) in [4.78, 5) is 35.9. The Morgan fingerprint density at radius 3 is 2.66 bits per heavy atom. The third-order valence-electron chi connectivity index (χ3n) is 4.91. The van der Waals surface area contributed by atoms with E-state index in [4.69, 9.17) is 11.6 Å². The maximum absolute atomic E-state index is 13.1. The van der Waals surface area contributed by atoms with Gasteiger partial charge in [-0.25, -0.2) is 0 Å². The number of fused-ring (bicyclic) bond motifs is 1. The fraction of sp³-hybridized carbons (Fsp3) is 0.182. The minimum absolute atomic E-state index is 0.142. The van der Waals surface area contributed by atoms with Crippen LogP contribution in [-0.4, -0.2) is 33.2 Å². The minimum atomic E-state index is -0.664. The summed E-state index contributed by atoms with van der Waals surface area (Å²) < 4.78 is 0. The predicted octanol–water partition coefficient (Wildman–Crippen LogP) is 3.19. The molecule has 0 saturated heterocycles. The number of benzene rings is 2. The van der Waals surface area contributed by atoms with E-state index >= 15 is 0 Å². The molecule has 29 heavy (non-hydrogen) atoms. The van der Waals surface area contributed by atoms with E-state index in [-0.39, 0.29) is 11.8 Å². The molecule has 4 rings (SSSR count). The smallest absolute Gasteiger partial charge is 0.255 e. The first kappa shape index (κ1) is 19.1. The molecule has 0 fully saturated rings. The lowest BCUT2D eigenvalue weighted by atomic mass is 10.0. The molecular formula is C22H19ClN4O2. The zero-order chi connectivity index (χ0) is 20.2. The second-order valence-corrected chi connectivity index (χ2v) is 7.22. The molecule has 0 bridgehead atoms. The van der Waals surface area contributed by atoms with Crippen molar-refractivity contribution in [2.24, 2.45) is 0 Å².